The van der Waals surface area contributed by atoms with Crippen LogP contribution in [-0.4, -0.2) is 5.75 Å². The molecule has 0 fully saturated rings. The molecule has 0 aliphatic carbocycles. The SMILES string of the molecule is C=CC(=C)CSc1ccccc1. The van der Waals surface area contributed by atoms with Gasteiger partial charge in [0.05, 0.1) is 0 Å². The number of thioether (sulfide) groups is 1. The fraction of sp³-hybridized carbons (Fsp3) is 0.0909. The summed E-state index contributed by atoms with van der Waals surface area (Å²) in [6.07, 6.45) is 1.80. The van der Waals surface area contributed by atoms with E-state index >= 15 is 0 Å². The highest BCUT2D eigenvalue weighted by atomic mass is 32.2. The predicted octanol–water partition coefficient (Wildman–Crippen LogP) is 3.52. The van der Waals surface area contributed by atoms with Gasteiger partial charge in [-0.2, -0.15) is 0 Å². The number of benzene rings is 1. The fourth-order valence-electron chi connectivity index (χ4n) is 0.752. The maximum Gasteiger partial charge on any atom is 0.0225 e. The molecule has 0 aliphatic rings. The zero-order chi connectivity index (χ0) is 8.81. The molecule has 0 radical (unpaired) electrons. The molecule has 0 nitrogen and oxygen atoms in total. The Labute approximate surface area is 78.0 Å². The van der Waals surface area contributed by atoms with Gasteiger partial charge in [0.1, 0.15) is 0 Å². The standard InChI is InChI=1S/C11H12S/c1-3-10(2)9-12-11-7-5-4-6-8-11/h3-8H,1-2,9H2. The van der Waals surface area contributed by atoms with Crippen molar-refractivity contribution in [2.24, 2.45) is 0 Å². The van der Waals surface area contributed by atoms with Crippen molar-refractivity contribution < 1.29 is 0 Å². The minimum Gasteiger partial charge on any atom is -0.121 e. The largest absolute Gasteiger partial charge is 0.121 e. The molecule has 1 rings (SSSR count). The van der Waals surface area contributed by atoms with E-state index in [1.807, 2.05) is 18.2 Å². The van der Waals surface area contributed by atoms with Crippen LogP contribution in [0.3, 0.4) is 0 Å². The Morgan fingerprint density at radius 3 is 2.58 bits per heavy atom. The van der Waals surface area contributed by atoms with E-state index < -0.39 is 0 Å². The molecular weight excluding hydrogens is 164 g/mol. The number of rotatable bonds is 4. The summed E-state index contributed by atoms with van der Waals surface area (Å²) in [6.45, 7) is 7.51. The highest BCUT2D eigenvalue weighted by Crippen LogP contribution is 2.19. The first kappa shape index (κ1) is 9.14. The monoisotopic (exact) mass is 176 g/mol. The number of hydrogen-bond donors (Lipinski definition) is 0. The van der Waals surface area contributed by atoms with Crippen LogP contribution in [0.15, 0.2) is 60.0 Å². The Bertz CT molecular complexity index is 262. The molecule has 0 N–H and O–H groups in total. The maximum atomic E-state index is 3.85. The average molecular weight is 176 g/mol. The molecule has 1 aromatic carbocycles. The second-order valence-electron chi connectivity index (χ2n) is 2.46. The quantitative estimate of drug-likeness (QED) is 0.499. The molecule has 62 valence electrons. The zero-order valence-electron chi connectivity index (χ0n) is 6.99. The average Bonchev–Trinajstić information content (AvgIpc) is 2.16. The predicted molar refractivity (Wildman–Crippen MR) is 56.5 cm³/mol. The van der Waals surface area contributed by atoms with Gasteiger partial charge in [-0.25, -0.2) is 0 Å². The zero-order valence-corrected chi connectivity index (χ0v) is 7.81. The second kappa shape index (κ2) is 4.83. The molecule has 0 unspecified atom stereocenters. The van der Waals surface area contributed by atoms with E-state index in [4.69, 9.17) is 0 Å². The van der Waals surface area contributed by atoms with Crippen LogP contribution in [0.2, 0.25) is 0 Å². The third kappa shape index (κ3) is 2.97. The normalized spacial score (nSPS) is 9.33. The van der Waals surface area contributed by atoms with Gasteiger partial charge in [-0.05, 0) is 17.7 Å². The van der Waals surface area contributed by atoms with Crippen LogP contribution in [0.25, 0.3) is 0 Å². The van der Waals surface area contributed by atoms with Crippen molar-refractivity contribution in [3.63, 3.8) is 0 Å². The first-order valence-corrected chi connectivity index (χ1v) is 4.79. The van der Waals surface area contributed by atoms with Crippen molar-refractivity contribution in [2.75, 3.05) is 5.75 Å². The van der Waals surface area contributed by atoms with Crippen molar-refractivity contribution in [1.29, 1.82) is 0 Å². The van der Waals surface area contributed by atoms with Crippen molar-refractivity contribution >= 4 is 11.8 Å². The Hall–Kier alpha value is -0.950. The molecule has 0 amide bonds. The van der Waals surface area contributed by atoms with E-state index in [0.29, 0.717) is 0 Å². The molecular formula is C11H12S. The van der Waals surface area contributed by atoms with Gasteiger partial charge in [0.15, 0.2) is 0 Å². The van der Waals surface area contributed by atoms with Gasteiger partial charge in [-0.15, -0.1) is 11.8 Å². The molecule has 0 spiro atoms. The van der Waals surface area contributed by atoms with Gasteiger partial charge in [0.2, 0.25) is 0 Å². The molecule has 12 heavy (non-hydrogen) atoms. The summed E-state index contributed by atoms with van der Waals surface area (Å²) in [5.41, 5.74) is 1.07. The smallest absolute Gasteiger partial charge is 0.0225 e. The lowest BCUT2D eigenvalue weighted by Gasteiger charge is -1.99. The van der Waals surface area contributed by atoms with Crippen molar-refractivity contribution in [3.8, 4) is 0 Å². The minimum absolute atomic E-state index is 0.924. The van der Waals surface area contributed by atoms with Crippen molar-refractivity contribution in [3.05, 3.63) is 55.1 Å². The summed E-state index contributed by atoms with van der Waals surface area (Å²) in [5.74, 6) is 0.924. The van der Waals surface area contributed by atoms with E-state index in [1.165, 1.54) is 4.90 Å². The summed E-state index contributed by atoms with van der Waals surface area (Å²) in [6, 6.07) is 10.3. The van der Waals surface area contributed by atoms with Crippen LogP contribution < -0.4 is 0 Å². The molecule has 0 bridgehead atoms. The van der Waals surface area contributed by atoms with Crippen molar-refractivity contribution in [1.82, 2.24) is 0 Å². The lowest BCUT2D eigenvalue weighted by Crippen LogP contribution is -1.79. The van der Waals surface area contributed by atoms with E-state index in [9.17, 15) is 0 Å². The molecule has 1 aromatic rings. The first-order chi connectivity index (χ1) is 5.83. The molecule has 1 heteroatoms. The van der Waals surface area contributed by atoms with Gasteiger partial charge < -0.3 is 0 Å². The Morgan fingerprint density at radius 1 is 1.33 bits per heavy atom. The van der Waals surface area contributed by atoms with E-state index in [-0.39, 0.29) is 0 Å². The maximum absolute atomic E-state index is 3.85. The van der Waals surface area contributed by atoms with Gasteiger partial charge in [-0.3, -0.25) is 0 Å². The minimum atomic E-state index is 0.924. The number of allylic oxidation sites excluding steroid dienone is 1. The third-order valence-corrected chi connectivity index (χ3v) is 2.58. The second-order valence-corrected chi connectivity index (χ2v) is 3.51. The van der Waals surface area contributed by atoms with Gasteiger partial charge >= 0.3 is 0 Å². The summed E-state index contributed by atoms with van der Waals surface area (Å²) in [4.78, 5) is 1.28. The highest BCUT2D eigenvalue weighted by molar-refractivity contribution is 7.99. The van der Waals surface area contributed by atoms with E-state index in [2.05, 4.69) is 25.3 Å². The van der Waals surface area contributed by atoms with Crippen LogP contribution in [0.1, 0.15) is 0 Å². The Balaban J connectivity index is 2.43. The summed E-state index contributed by atoms with van der Waals surface area (Å²) in [7, 11) is 0. The summed E-state index contributed by atoms with van der Waals surface area (Å²) in [5, 5.41) is 0. The van der Waals surface area contributed by atoms with Crippen LogP contribution >= 0.6 is 11.8 Å². The van der Waals surface area contributed by atoms with Crippen LogP contribution in [0, 0.1) is 0 Å². The molecule has 0 heterocycles. The fourth-order valence-corrected chi connectivity index (χ4v) is 1.57. The molecule has 0 saturated heterocycles. The van der Waals surface area contributed by atoms with Crippen molar-refractivity contribution in [2.45, 2.75) is 4.90 Å². The van der Waals surface area contributed by atoms with Gasteiger partial charge in [0.25, 0.3) is 0 Å². The molecule has 0 saturated carbocycles. The van der Waals surface area contributed by atoms with Gasteiger partial charge in [0, 0.05) is 10.6 Å². The summed E-state index contributed by atoms with van der Waals surface area (Å²) < 4.78 is 0. The van der Waals surface area contributed by atoms with E-state index in [0.717, 1.165) is 11.3 Å². The Kier molecular flexibility index (Phi) is 3.68. The lowest BCUT2D eigenvalue weighted by molar-refractivity contribution is 1.45. The van der Waals surface area contributed by atoms with E-state index in [1.54, 1.807) is 17.8 Å². The number of hydrogen-bond acceptors (Lipinski definition) is 1. The molecule has 0 aliphatic heterocycles. The van der Waals surface area contributed by atoms with Crippen LogP contribution in [0.5, 0.6) is 0 Å². The first-order valence-electron chi connectivity index (χ1n) is 3.81. The summed E-state index contributed by atoms with van der Waals surface area (Å²) >= 11 is 1.78. The lowest BCUT2D eigenvalue weighted by atomic mass is 10.4. The third-order valence-electron chi connectivity index (χ3n) is 1.46. The molecule has 0 atom stereocenters. The highest BCUT2D eigenvalue weighted by Gasteiger charge is 1.91. The Morgan fingerprint density at radius 2 is 2.00 bits per heavy atom. The molecule has 0 aromatic heterocycles. The topological polar surface area (TPSA) is 0 Å². The van der Waals surface area contributed by atoms with Crippen LogP contribution in [0.4, 0.5) is 0 Å². The van der Waals surface area contributed by atoms with Gasteiger partial charge in [-0.1, -0.05) is 37.4 Å². The van der Waals surface area contributed by atoms with Crippen LogP contribution in [-0.2, 0) is 0 Å².